The minimum atomic E-state index is -1.59. The molecule has 9 heteroatoms. The second-order valence-electron chi connectivity index (χ2n) is 14.7. The first-order chi connectivity index (χ1) is 22.0. The van der Waals surface area contributed by atoms with Gasteiger partial charge in [0.1, 0.15) is 34.3 Å². The molecule has 4 bridgehead atoms. The van der Waals surface area contributed by atoms with Crippen LogP contribution in [0, 0.1) is 11.8 Å². The van der Waals surface area contributed by atoms with Crippen LogP contribution in [0.25, 0.3) is 6.08 Å². The van der Waals surface area contributed by atoms with Crippen molar-refractivity contribution in [3.8, 4) is 17.2 Å². The quantitative estimate of drug-likeness (QED) is 0.163. The number of hydrogen-bond donors (Lipinski definition) is 2. The highest BCUT2D eigenvalue weighted by Crippen LogP contribution is 2.68. The number of carbonyl (C=O) groups is 3. The van der Waals surface area contributed by atoms with E-state index in [9.17, 15) is 24.6 Å². The average Bonchev–Trinajstić information content (AvgIpc) is 3.14. The monoisotopic (exact) mass is 644 g/mol. The molecule has 1 aromatic rings. The number of Topliss-reactive ketones (excluding diaryl/α,β-unsaturated/α-hetero) is 2. The maximum Gasteiger partial charge on any atom is 0.298 e. The first-order valence-electron chi connectivity index (χ1n) is 16.3. The smallest absolute Gasteiger partial charge is 0.298 e. The van der Waals surface area contributed by atoms with Crippen LogP contribution in [-0.2, 0) is 25.5 Å². The van der Waals surface area contributed by atoms with E-state index in [1.165, 1.54) is 6.08 Å². The second kappa shape index (κ2) is 11.0. The minimum absolute atomic E-state index is 0.0116. The van der Waals surface area contributed by atoms with Gasteiger partial charge in [0.25, 0.3) is 6.47 Å². The van der Waals surface area contributed by atoms with Crippen LogP contribution < -0.4 is 9.47 Å². The molecule has 0 aromatic heterocycles. The van der Waals surface area contributed by atoms with Crippen LogP contribution in [0.5, 0.6) is 17.2 Å². The van der Waals surface area contributed by atoms with Gasteiger partial charge in [-0.1, -0.05) is 29.4 Å². The molecule has 47 heavy (non-hydrogen) atoms. The summed E-state index contributed by atoms with van der Waals surface area (Å²) in [4.78, 5) is 40.2. The van der Waals surface area contributed by atoms with Crippen molar-refractivity contribution in [2.45, 2.75) is 110 Å². The molecule has 0 amide bonds. The van der Waals surface area contributed by atoms with Gasteiger partial charge in [-0.25, -0.2) is 0 Å². The molecule has 2 fully saturated rings. The molecule has 7 rings (SSSR count). The maximum atomic E-state index is 14.8. The standard InChI is InChI=1S/C38H44O9/c1-20(2)10-9-14-36(8)28(40)18-25-30(41)29-31(42)26-16-23-17-27-35(6,7)47-37(34(23)43,15-13-22(5)44-19-39)38(26,27)46-33(29)24(32(25)45-36)12-11-21(3)4/h10-11,13,16,18-19,23,27,40-41H,9,12,14-15,17H2,1-8H3/b22-13-/t23?,27?,36-,37?,38-/m1/s1. The highest BCUT2D eigenvalue weighted by atomic mass is 16.6. The van der Waals surface area contributed by atoms with Crippen molar-refractivity contribution >= 4 is 24.1 Å². The number of ketones is 2. The molecule has 250 valence electrons. The van der Waals surface area contributed by atoms with Crippen LogP contribution in [0.1, 0.15) is 103 Å². The van der Waals surface area contributed by atoms with Crippen molar-refractivity contribution in [1.29, 1.82) is 0 Å². The first kappa shape index (κ1) is 32.8. The summed E-state index contributed by atoms with van der Waals surface area (Å²) in [5, 5.41) is 23.0. The summed E-state index contributed by atoms with van der Waals surface area (Å²) in [7, 11) is 0. The number of phenols is 1. The topological polar surface area (TPSA) is 129 Å². The van der Waals surface area contributed by atoms with Crippen molar-refractivity contribution in [3.63, 3.8) is 0 Å². The number of allylic oxidation sites excluding steroid dienone is 6. The van der Waals surface area contributed by atoms with Gasteiger partial charge in [-0.3, -0.25) is 14.4 Å². The van der Waals surface area contributed by atoms with Crippen LogP contribution in [-0.4, -0.2) is 50.7 Å². The Balaban J connectivity index is 1.60. The zero-order valence-corrected chi connectivity index (χ0v) is 28.4. The lowest BCUT2D eigenvalue weighted by molar-refractivity contribution is -0.171. The molecule has 1 saturated carbocycles. The van der Waals surface area contributed by atoms with E-state index in [0.717, 1.165) is 11.1 Å². The van der Waals surface area contributed by atoms with E-state index in [0.29, 0.717) is 49.2 Å². The molecule has 0 radical (unpaired) electrons. The second-order valence-corrected chi connectivity index (χ2v) is 14.7. The van der Waals surface area contributed by atoms with E-state index in [-0.39, 0.29) is 52.1 Å². The van der Waals surface area contributed by atoms with Gasteiger partial charge in [0, 0.05) is 29.4 Å². The predicted molar refractivity (Wildman–Crippen MR) is 175 cm³/mol. The number of hydrogen-bond acceptors (Lipinski definition) is 9. The number of fused-ring (bicyclic) bond motifs is 2. The normalized spacial score (nSPS) is 30.9. The lowest BCUT2D eigenvalue weighted by Crippen LogP contribution is -2.72. The number of rotatable bonds is 9. The molecule has 5 atom stereocenters. The summed E-state index contributed by atoms with van der Waals surface area (Å²) in [6.45, 7) is 15.5. The number of phenolic OH excluding ortho intramolecular Hbond substituents is 1. The third-order valence-electron chi connectivity index (χ3n) is 10.6. The van der Waals surface area contributed by atoms with Gasteiger partial charge in [-0.2, -0.15) is 0 Å². The Morgan fingerprint density at radius 1 is 1.00 bits per heavy atom. The van der Waals surface area contributed by atoms with Crippen molar-refractivity contribution in [1.82, 2.24) is 0 Å². The number of ether oxygens (including phenoxy) is 4. The molecule has 2 N–H and O–H groups in total. The zero-order valence-electron chi connectivity index (χ0n) is 28.4. The lowest BCUT2D eigenvalue weighted by Gasteiger charge is -2.56. The average molecular weight is 645 g/mol. The van der Waals surface area contributed by atoms with E-state index in [4.69, 9.17) is 18.9 Å². The number of benzene rings is 1. The minimum Gasteiger partial charge on any atom is -0.508 e. The molecule has 3 aliphatic carbocycles. The number of carbonyl (C=O) groups excluding carboxylic acids is 3. The van der Waals surface area contributed by atoms with Gasteiger partial charge >= 0.3 is 0 Å². The van der Waals surface area contributed by atoms with Gasteiger partial charge in [0.2, 0.25) is 0 Å². The summed E-state index contributed by atoms with van der Waals surface area (Å²) < 4.78 is 25.6. The molecule has 1 spiro atoms. The zero-order chi connectivity index (χ0) is 34.3. The molecule has 3 heterocycles. The Labute approximate surface area is 275 Å². The van der Waals surface area contributed by atoms with E-state index in [1.54, 1.807) is 26.0 Å². The molecule has 1 aromatic carbocycles. The Morgan fingerprint density at radius 2 is 1.70 bits per heavy atom. The van der Waals surface area contributed by atoms with Crippen molar-refractivity contribution in [2.24, 2.45) is 11.8 Å². The summed E-state index contributed by atoms with van der Waals surface area (Å²) in [5.41, 5.74) is -1.90. The summed E-state index contributed by atoms with van der Waals surface area (Å²) in [5.74, 6) is -1.26. The van der Waals surface area contributed by atoms with Crippen LogP contribution in [0.2, 0.25) is 0 Å². The summed E-state index contributed by atoms with van der Waals surface area (Å²) >= 11 is 0. The van der Waals surface area contributed by atoms with Crippen molar-refractivity contribution < 1.29 is 43.5 Å². The Hall–Kier alpha value is -4.11. The molecule has 6 aliphatic rings. The molecule has 1 saturated heterocycles. The maximum absolute atomic E-state index is 14.8. The molecular weight excluding hydrogens is 600 g/mol. The van der Waals surface area contributed by atoms with Crippen molar-refractivity contribution in [3.05, 3.63) is 69.2 Å². The van der Waals surface area contributed by atoms with E-state index in [2.05, 4.69) is 6.08 Å². The fraction of sp³-hybridized carbons (Fsp3) is 0.500. The molecule has 9 nitrogen and oxygen atoms in total. The molecular formula is C38H44O9. The van der Waals surface area contributed by atoms with Crippen LogP contribution in [0.3, 0.4) is 0 Å². The van der Waals surface area contributed by atoms with Gasteiger partial charge in [-0.05, 0) is 93.2 Å². The summed E-state index contributed by atoms with van der Waals surface area (Å²) in [6.07, 6.45) is 10.7. The Morgan fingerprint density at radius 3 is 2.36 bits per heavy atom. The fourth-order valence-corrected chi connectivity index (χ4v) is 8.25. The number of aliphatic hydroxyl groups is 1. The molecule has 3 unspecified atom stereocenters. The Kier molecular flexibility index (Phi) is 7.66. The third-order valence-corrected chi connectivity index (χ3v) is 10.6. The first-order valence-corrected chi connectivity index (χ1v) is 16.3. The van der Waals surface area contributed by atoms with Gasteiger partial charge in [0.05, 0.1) is 11.2 Å². The lowest BCUT2D eigenvalue weighted by atomic mass is 9.51. The largest absolute Gasteiger partial charge is 0.508 e. The van der Waals surface area contributed by atoms with Crippen LogP contribution >= 0.6 is 0 Å². The van der Waals surface area contributed by atoms with Crippen LogP contribution in [0.15, 0.2) is 52.5 Å². The molecule has 3 aliphatic heterocycles. The third kappa shape index (κ3) is 4.64. The predicted octanol–water partition coefficient (Wildman–Crippen LogP) is 7.17. The number of aromatic hydroxyl groups is 1. The highest BCUT2D eigenvalue weighted by molar-refractivity contribution is 6.19. The highest BCUT2D eigenvalue weighted by Gasteiger charge is 2.81. The number of aliphatic hydroxyl groups excluding tert-OH is 1. The van der Waals surface area contributed by atoms with E-state index >= 15 is 0 Å². The SMILES string of the molecule is CC(C)=CCC[C@@]1(C)Oc2c(c(O)c3c(c2CC=C(C)C)O[C@]24C(=CC5CC2C(C)(C)OC4(C/C=C(/C)OC=O)C5=O)C3=O)C=C1O. The van der Waals surface area contributed by atoms with Crippen LogP contribution in [0.4, 0.5) is 0 Å². The van der Waals surface area contributed by atoms with E-state index < -0.39 is 34.1 Å². The van der Waals surface area contributed by atoms with E-state index in [1.807, 2.05) is 47.6 Å². The van der Waals surface area contributed by atoms with Gasteiger partial charge in [0.15, 0.2) is 28.4 Å². The van der Waals surface area contributed by atoms with Crippen molar-refractivity contribution in [2.75, 3.05) is 0 Å². The summed E-state index contributed by atoms with van der Waals surface area (Å²) in [6, 6.07) is 0. The Bertz CT molecular complexity index is 1750. The fourth-order valence-electron chi connectivity index (χ4n) is 8.25. The van der Waals surface area contributed by atoms with Gasteiger partial charge in [-0.15, -0.1) is 0 Å². The van der Waals surface area contributed by atoms with Gasteiger partial charge < -0.3 is 29.2 Å².